The third-order valence-corrected chi connectivity index (χ3v) is 2.32. The molecule has 0 saturated carbocycles. The Morgan fingerprint density at radius 1 is 1.33 bits per heavy atom. The minimum atomic E-state index is -1.05. The van der Waals surface area contributed by atoms with Crippen molar-refractivity contribution in [2.24, 2.45) is 5.41 Å². The molecule has 1 aliphatic heterocycles. The first-order valence-electron chi connectivity index (χ1n) is 4.14. The zero-order valence-electron chi connectivity index (χ0n) is 6.95. The molecule has 0 spiro atoms. The van der Waals surface area contributed by atoms with Gasteiger partial charge in [-0.2, -0.15) is 0 Å². The number of carbonyl (C=O) groups excluding carboxylic acids is 1. The third-order valence-electron chi connectivity index (χ3n) is 2.32. The Bertz CT molecular complexity index is 162. The zero-order chi connectivity index (χ0) is 9.03. The summed E-state index contributed by atoms with van der Waals surface area (Å²) in [6.45, 7) is -0.259. The van der Waals surface area contributed by atoms with Gasteiger partial charge in [0, 0.05) is 0 Å². The van der Waals surface area contributed by atoms with Crippen molar-refractivity contribution in [1.82, 2.24) is 0 Å². The average molecular weight is 174 g/mol. The molecule has 2 N–H and O–H groups in total. The predicted octanol–water partition coefficient (Wildman–Crippen LogP) is -0.316. The largest absolute Gasteiger partial charge is 0.465 e. The van der Waals surface area contributed by atoms with Crippen LogP contribution in [0.4, 0.5) is 0 Å². The molecule has 1 aliphatic rings. The van der Waals surface area contributed by atoms with E-state index in [0.717, 1.165) is 12.8 Å². The van der Waals surface area contributed by atoms with E-state index in [1.807, 2.05) is 0 Å². The molecule has 0 radical (unpaired) electrons. The van der Waals surface area contributed by atoms with E-state index in [0.29, 0.717) is 13.0 Å². The SMILES string of the molecule is O=C1OCCCCC1(CO)CO. The van der Waals surface area contributed by atoms with Gasteiger partial charge in [-0.25, -0.2) is 0 Å². The normalized spacial score (nSPS) is 23.0. The number of aliphatic hydroxyl groups is 2. The highest BCUT2D eigenvalue weighted by Gasteiger charge is 2.39. The molecule has 70 valence electrons. The van der Waals surface area contributed by atoms with Crippen LogP contribution in [-0.2, 0) is 9.53 Å². The molecule has 0 atom stereocenters. The first-order chi connectivity index (χ1) is 5.75. The molecule has 0 aromatic heterocycles. The second kappa shape index (κ2) is 3.87. The van der Waals surface area contributed by atoms with E-state index in [-0.39, 0.29) is 13.2 Å². The van der Waals surface area contributed by atoms with Crippen molar-refractivity contribution in [1.29, 1.82) is 0 Å². The molecule has 1 rings (SSSR count). The van der Waals surface area contributed by atoms with Gasteiger partial charge in [-0.1, -0.05) is 0 Å². The van der Waals surface area contributed by atoms with Gasteiger partial charge in [0.15, 0.2) is 0 Å². The summed E-state index contributed by atoms with van der Waals surface area (Å²) in [6, 6.07) is 0. The first kappa shape index (κ1) is 9.48. The molecule has 4 heteroatoms. The summed E-state index contributed by atoms with van der Waals surface area (Å²) < 4.78 is 4.84. The summed E-state index contributed by atoms with van der Waals surface area (Å²) in [7, 11) is 0. The fourth-order valence-electron chi connectivity index (χ4n) is 1.32. The number of aliphatic hydroxyl groups excluding tert-OH is 2. The Hall–Kier alpha value is -0.610. The van der Waals surface area contributed by atoms with Gasteiger partial charge < -0.3 is 14.9 Å². The molecule has 0 bridgehead atoms. The second-order valence-electron chi connectivity index (χ2n) is 3.19. The molecular weight excluding hydrogens is 160 g/mol. The molecule has 0 unspecified atom stereocenters. The fourth-order valence-corrected chi connectivity index (χ4v) is 1.32. The van der Waals surface area contributed by atoms with Gasteiger partial charge in [-0.05, 0) is 19.3 Å². The summed E-state index contributed by atoms with van der Waals surface area (Å²) in [5.74, 6) is -0.468. The minimum absolute atomic E-state index is 0.331. The van der Waals surface area contributed by atoms with Crippen molar-refractivity contribution in [3.05, 3.63) is 0 Å². The molecule has 1 fully saturated rings. The maximum absolute atomic E-state index is 11.3. The molecule has 12 heavy (non-hydrogen) atoms. The zero-order valence-corrected chi connectivity index (χ0v) is 6.95. The highest BCUT2D eigenvalue weighted by Crippen LogP contribution is 2.28. The molecule has 0 aliphatic carbocycles. The minimum Gasteiger partial charge on any atom is -0.465 e. The Kier molecular flexibility index (Phi) is 3.05. The Morgan fingerprint density at radius 2 is 2.00 bits per heavy atom. The van der Waals surface area contributed by atoms with Crippen LogP contribution in [-0.4, -0.2) is 36.0 Å². The van der Waals surface area contributed by atoms with Crippen LogP contribution in [0.2, 0.25) is 0 Å². The predicted molar refractivity (Wildman–Crippen MR) is 41.4 cm³/mol. The summed E-state index contributed by atoms with van der Waals surface area (Å²) >= 11 is 0. The van der Waals surface area contributed by atoms with Crippen LogP contribution in [0, 0.1) is 5.41 Å². The fraction of sp³-hybridized carbons (Fsp3) is 0.875. The van der Waals surface area contributed by atoms with Gasteiger partial charge in [-0.3, -0.25) is 4.79 Å². The van der Waals surface area contributed by atoms with Gasteiger partial charge in [0.05, 0.1) is 19.8 Å². The van der Waals surface area contributed by atoms with Gasteiger partial charge in [0.25, 0.3) is 0 Å². The maximum Gasteiger partial charge on any atom is 0.316 e. The lowest BCUT2D eigenvalue weighted by molar-refractivity contribution is -0.160. The Labute approximate surface area is 71.2 Å². The molecule has 4 nitrogen and oxygen atoms in total. The second-order valence-corrected chi connectivity index (χ2v) is 3.19. The van der Waals surface area contributed by atoms with E-state index in [1.165, 1.54) is 0 Å². The van der Waals surface area contributed by atoms with E-state index in [4.69, 9.17) is 14.9 Å². The number of hydrogen-bond donors (Lipinski definition) is 2. The van der Waals surface area contributed by atoms with Gasteiger partial charge >= 0.3 is 5.97 Å². The molecular formula is C8H14O4. The lowest BCUT2D eigenvalue weighted by Crippen LogP contribution is -2.38. The summed E-state index contributed by atoms with van der Waals surface area (Å²) in [5.41, 5.74) is -1.05. The van der Waals surface area contributed by atoms with Crippen LogP contribution in [0.25, 0.3) is 0 Å². The van der Waals surface area contributed by atoms with Gasteiger partial charge in [-0.15, -0.1) is 0 Å². The van der Waals surface area contributed by atoms with Gasteiger partial charge in [0.1, 0.15) is 5.41 Å². The number of esters is 1. The number of rotatable bonds is 2. The van der Waals surface area contributed by atoms with Crippen molar-refractivity contribution in [3.8, 4) is 0 Å². The summed E-state index contributed by atoms with van der Waals surface area (Å²) in [6.07, 6.45) is 2.14. The number of ether oxygens (including phenoxy) is 1. The molecule has 0 amide bonds. The number of cyclic esters (lactones) is 1. The standard InChI is InChI=1S/C8H14O4/c9-5-8(6-10)3-1-2-4-12-7(8)11/h9-10H,1-6H2. The van der Waals surface area contributed by atoms with Crippen LogP contribution in [0.1, 0.15) is 19.3 Å². The molecule has 1 heterocycles. The maximum atomic E-state index is 11.3. The Morgan fingerprint density at radius 3 is 2.58 bits per heavy atom. The molecule has 0 aromatic carbocycles. The smallest absolute Gasteiger partial charge is 0.316 e. The van der Waals surface area contributed by atoms with Crippen LogP contribution in [0.3, 0.4) is 0 Å². The third kappa shape index (κ3) is 1.59. The lowest BCUT2D eigenvalue weighted by atomic mass is 9.85. The highest BCUT2D eigenvalue weighted by atomic mass is 16.5. The highest BCUT2D eigenvalue weighted by molar-refractivity contribution is 5.77. The summed E-state index contributed by atoms with van der Waals surface area (Å²) in [5, 5.41) is 18.0. The van der Waals surface area contributed by atoms with E-state index >= 15 is 0 Å². The molecule has 0 aromatic rings. The lowest BCUT2D eigenvalue weighted by Gasteiger charge is -2.24. The van der Waals surface area contributed by atoms with Crippen molar-refractivity contribution >= 4 is 5.97 Å². The average Bonchev–Trinajstić information content (AvgIpc) is 2.28. The Balaban J connectivity index is 2.73. The van der Waals surface area contributed by atoms with E-state index in [1.54, 1.807) is 0 Å². The van der Waals surface area contributed by atoms with E-state index in [9.17, 15) is 4.79 Å². The van der Waals surface area contributed by atoms with Crippen LogP contribution in [0.5, 0.6) is 0 Å². The first-order valence-corrected chi connectivity index (χ1v) is 4.14. The topological polar surface area (TPSA) is 66.8 Å². The quantitative estimate of drug-likeness (QED) is 0.563. The van der Waals surface area contributed by atoms with Crippen molar-refractivity contribution in [3.63, 3.8) is 0 Å². The number of hydrogen-bond acceptors (Lipinski definition) is 4. The van der Waals surface area contributed by atoms with Gasteiger partial charge in [0.2, 0.25) is 0 Å². The van der Waals surface area contributed by atoms with E-state index in [2.05, 4.69) is 0 Å². The van der Waals surface area contributed by atoms with Crippen LogP contribution >= 0.6 is 0 Å². The summed E-state index contributed by atoms with van der Waals surface area (Å²) in [4.78, 5) is 11.3. The van der Waals surface area contributed by atoms with Crippen LogP contribution in [0.15, 0.2) is 0 Å². The molecule has 1 saturated heterocycles. The van der Waals surface area contributed by atoms with Crippen molar-refractivity contribution in [2.75, 3.05) is 19.8 Å². The van der Waals surface area contributed by atoms with Crippen molar-refractivity contribution in [2.45, 2.75) is 19.3 Å². The van der Waals surface area contributed by atoms with Crippen molar-refractivity contribution < 1.29 is 19.7 Å². The monoisotopic (exact) mass is 174 g/mol. The number of carbonyl (C=O) groups is 1. The van der Waals surface area contributed by atoms with E-state index < -0.39 is 11.4 Å². The van der Waals surface area contributed by atoms with Crippen LogP contribution < -0.4 is 0 Å².